The molecule has 0 radical (unpaired) electrons. The van der Waals surface area contributed by atoms with Crippen molar-refractivity contribution in [2.24, 2.45) is 5.92 Å². The Morgan fingerprint density at radius 1 is 1.45 bits per heavy atom. The van der Waals surface area contributed by atoms with Gasteiger partial charge in [-0.15, -0.1) is 0 Å². The minimum absolute atomic E-state index is 0.106. The normalized spacial score (nSPS) is 22.2. The van der Waals surface area contributed by atoms with Crippen LogP contribution < -0.4 is 5.32 Å². The summed E-state index contributed by atoms with van der Waals surface area (Å²) in [7, 11) is 0. The molecule has 2 unspecified atom stereocenters. The molecule has 0 aliphatic heterocycles. The summed E-state index contributed by atoms with van der Waals surface area (Å²) in [6, 6.07) is 0.951. The van der Waals surface area contributed by atoms with Gasteiger partial charge in [0.05, 0.1) is 17.0 Å². The molecule has 1 aliphatic rings. The Kier molecular flexibility index (Phi) is 4.02. The molecule has 8 nitrogen and oxygen atoms in total. The molecule has 0 spiro atoms. The van der Waals surface area contributed by atoms with Crippen molar-refractivity contribution in [3.63, 3.8) is 0 Å². The maximum Gasteiger partial charge on any atom is 0.306 e. The lowest BCUT2D eigenvalue weighted by atomic mass is 9.86. The average molecular weight is 281 g/mol. The van der Waals surface area contributed by atoms with Gasteiger partial charge >= 0.3 is 5.97 Å². The fourth-order valence-corrected chi connectivity index (χ4v) is 2.43. The first kappa shape index (κ1) is 14.0. The number of nitro groups is 1. The Bertz CT molecular complexity index is 539. The van der Waals surface area contributed by atoms with Gasteiger partial charge in [0, 0.05) is 12.1 Å². The number of hydrogen-bond acceptors (Lipinski definition) is 4. The van der Waals surface area contributed by atoms with Gasteiger partial charge in [0.25, 0.3) is 11.6 Å². The largest absolute Gasteiger partial charge is 0.481 e. The van der Waals surface area contributed by atoms with E-state index in [4.69, 9.17) is 5.11 Å². The van der Waals surface area contributed by atoms with Crippen LogP contribution in [0.3, 0.4) is 0 Å². The molecule has 1 aromatic heterocycles. The van der Waals surface area contributed by atoms with Gasteiger partial charge in [-0.1, -0.05) is 6.42 Å². The number of H-pyrrole nitrogens is 1. The van der Waals surface area contributed by atoms with Crippen LogP contribution in [0.1, 0.15) is 36.2 Å². The Balaban J connectivity index is 1.96. The number of hydrogen-bond donors (Lipinski definition) is 3. The van der Waals surface area contributed by atoms with Gasteiger partial charge in [-0.05, 0) is 19.3 Å². The highest BCUT2D eigenvalue weighted by atomic mass is 16.6. The van der Waals surface area contributed by atoms with E-state index in [9.17, 15) is 19.7 Å². The van der Waals surface area contributed by atoms with Crippen LogP contribution in [-0.2, 0) is 4.79 Å². The lowest BCUT2D eigenvalue weighted by molar-refractivity contribution is -0.384. The van der Waals surface area contributed by atoms with E-state index in [1.54, 1.807) is 0 Å². The number of aliphatic carboxylic acids is 1. The second-order valence-corrected chi connectivity index (χ2v) is 4.90. The minimum Gasteiger partial charge on any atom is -0.481 e. The van der Waals surface area contributed by atoms with E-state index >= 15 is 0 Å². The number of aromatic amines is 1. The first-order valence-electron chi connectivity index (χ1n) is 6.34. The fourth-order valence-electron chi connectivity index (χ4n) is 2.43. The van der Waals surface area contributed by atoms with Gasteiger partial charge in [0.1, 0.15) is 5.69 Å². The molecule has 20 heavy (non-hydrogen) atoms. The summed E-state index contributed by atoms with van der Waals surface area (Å²) >= 11 is 0. The molecule has 2 rings (SSSR count). The molecule has 1 heterocycles. The number of carboxylic acids is 1. The Morgan fingerprint density at radius 3 is 2.80 bits per heavy atom. The first-order valence-corrected chi connectivity index (χ1v) is 6.34. The van der Waals surface area contributed by atoms with E-state index in [0.717, 1.165) is 25.1 Å². The predicted octanol–water partition coefficient (Wildman–Crippen LogP) is 1.30. The Hall–Kier alpha value is -2.38. The van der Waals surface area contributed by atoms with Crippen molar-refractivity contribution in [3.05, 3.63) is 28.1 Å². The molecule has 0 aromatic carbocycles. The molecule has 0 bridgehead atoms. The summed E-state index contributed by atoms with van der Waals surface area (Å²) in [5, 5.41) is 22.2. The molecule has 108 valence electrons. The van der Waals surface area contributed by atoms with Crippen molar-refractivity contribution in [2.75, 3.05) is 0 Å². The molecule has 8 heteroatoms. The van der Waals surface area contributed by atoms with Gasteiger partial charge in [-0.25, -0.2) is 0 Å². The third-order valence-electron chi connectivity index (χ3n) is 3.48. The summed E-state index contributed by atoms with van der Waals surface area (Å²) in [6.45, 7) is 0. The van der Waals surface area contributed by atoms with Crippen LogP contribution in [0.2, 0.25) is 0 Å². The van der Waals surface area contributed by atoms with Gasteiger partial charge in [0.2, 0.25) is 0 Å². The molecule has 3 N–H and O–H groups in total. The number of carbonyl (C=O) groups excluding carboxylic acids is 1. The number of amides is 1. The van der Waals surface area contributed by atoms with E-state index < -0.39 is 22.7 Å². The van der Waals surface area contributed by atoms with Crippen molar-refractivity contribution in [1.29, 1.82) is 0 Å². The van der Waals surface area contributed by atoms with Gasteiger partial charge in [-0.2, -0.15) is 0 Å². The van der Waals surface area contributed by atoms with Crippen molar-refractivity contribution in [1.82, 2.24) is 10.3 Å². The molecular formula is C12H15N3O5. The topological polar surface area (TPSA) is 125 Å². The van der Waals surface area contributed by atoms with Crippen LogP contribution >= 0.6 is 0 Å². The average Bonchev–Trinajstić information content (AvgIpc) is 2.88. The van der Waals surface area contributed by atoms with E-state index in [-0.39, 0.29) is 17.4 Å². The summed E-state index contributed by atoms with van der Waals surface area (Å²) in [4.78, 5) is 35.3. The number of carbonyl (C=O) groups is 2. The molecule has 1 saturated carbocycles. The van der Waals surface area contributed by atoms with E-state index in [2.05, 4.69) is 10.3 Å². The summed E-state index contributed by atoms with van der Waals surface area (Å²) in [5.74, 6) is -1.74. The number of nitrogens with zero attached hydrogens (tertiary/aromatic N) is 1. The number of aromatic nitrogens is 1. The van der Waals surface area contributed by atoms with Crippen molar-refractivity contribution < 1.29 is 19.6 Å². The Morgan fingerprint density at radius 2 is 2.20 bits per heavy atom. The fraction of sp³-hybridized carbons (Fsp3) is 0.500. The van der Waals surface area contributed by atoms with Crippen molar-refractivity contribution in [3.8, 4) is 0 Å². The molecule has 0 saturated heterocycles. The van der Waals surface area contributed by atoms with Crippen molar-refractivity contribution in [2.45, 2.75) is 31.7 Å². The monoisotopic (exact) mass is 281 g/mol. The SMILES string of the molecule is O=C(NC1CCCC(C(=O)O)C1)c1cc([N+](=O)[O-])c[nH]1. The molecular weight excluding hydrogens is 266 g/mol. The minimum atomic E-state index is -0.848. The Labute approximate surface area is 114 Å². The third-order valence-corrected chi connectivity index (χ3v) is 3.48. The highest BCUT2D eigenvalue weighted by Gasteiger charge is 2.28. The standard InChI is InChI=1S/C12H15N3O5/c16-11(10-5-9(6-13-10)15(19)20)14-8-3-1-2-7(4-8)12(17)18/h5-8,13H,1-4H2,(H,14,16)(H,17,18). The van der Waals surface area contributed by atoms with Crippen LogP contribution in [0.4, 0.5) is 5.69 Å². The molecule has 1 aliphatic carbocycles. The quantitative estimate of drug-likeness (QED) is 0.566. The number of carboxylic acid groups (broad SMARTS) is 1. The second-order valence-electron chi connectivity index (χ2n) is 4.90. The van der Waals surface area contributed by atoms with E-state index in [1.165, 1.54) is 0 Å². The molecule has 2 atom stereocenters. The summed E-state index contributed by atoms with van der Waals surface area (Å²) in [5.41, 5.74) is -0.0728. The maximum absolute atomic E-state index is 11.9. The van der Waals surface area contributed by atoms with Crippen molar-refractivity contribution >= 4 is 17.6 Å². The molecule has 1 fully saturated rings. The zero-order valence-corrected chi connectivity index (χ0v) is 10.7. The highest BCUT2D eigenvalue weighted by molar-refractivity contribution is 5.93. The molecule has 1 amide bonds. The van der Waals surface area contributed by atoms with Gasteiger partial charge < -0.3 is 15.4 Å². The maximum atomic E-state index is 11.9. The van der Waals surface area contributed by atoms with Gasteiger partial charge in [-0.3, -0.25) is 19.7 Å². The summed E-state index contributed by atoms with van der Waals surface area (Å²) in [6.07, 6.45) is 3.63. The lowest BCUT2D eigenvalue weighted by Gasteiger charge is -2.27. The van der Waals surface area contributed by atoms with E-state index in [1.807, 2.05) is 0 Å². The van der Waals surface area contributed by atoms with Gasteiger partial charge in [0.15, 0.2) is 0 Å². The van der Waals surface area contributed by atoms with Crippen LogP contribution in [0, 0.1) is 16.0 Å². The van der Waals surface area contributed by atoms with Crippen LogP contribution in [0.15, 0.2) is 12.3 Å². The lowest BCUT2D eigenvalue weighted by Crippen LogP contribution is -2.40. The smallest absolute Gasteiger partial charge is 0.306 e. The first-order chi connectivity index (χ1) is 9.47. The highest BCUT2D eigenvalue weighted by Crippen LogP contribution is 2.24. The predicted molar refractivity (Wildman–Crippen MR) is 68.3 cm³/mol. The molecule has 1 aromatic rings. The second kappa shape index (κ2) is 5.72. The zero-order valence-electron chi connectivity index (χ0n) is 10.7. The third kappa shape index (κ3) is 3.14. The van der Waals surface area contributed by atoms with Crippen LogP contribution in [0.5, 0.6) is 0 Å². The number of rotatable bonds is 4. The van der Waals surface area contributed by atoms with Crippen LogP contribution in [0.25, 0.3) is 0 Å². The number of nitrogens with one attached hydrogen (secondary N) is 2. The van der Waals surface area contributed by atoms with E-state index in [0.29, 0.717) is 12.8 Å². The zero-order chi connectivity index (χ0) is 14.7. The summed E-state index contributed by atoms with van der Waals surface area (Å²) < 4.78 is 0. The van der Waals surface area contributed by atoms with Crippen LogP contribution in [-0.4, -0.2) is 32.9 Å².